The fourth-order valence-corrected chi connectivity index (χ4v) is 3.24. The van der Waals surface area contributed by atoms with Crippen LogP contribution in [0.25, 0.3) is 0 Å². The molecule has 0 bridgehead atoms. The van der Waals surface area contributed by atoms with Crippen molar-refractivity contribution in [2.24, 2.45) is 5.92 Å². The zero-order valence-corrected chi connectivity index (χ0v) is 14.3. The van der Waals surface area contributed by atoms with Crippen LogP contribution in [0.4, 0.5) is 5.69 Å². The predicted molar refractivity (Wildman–Crippen MR) is 92.4 cm³/mol. The fourth-order valence-electron chi connectivity index (χ4n) is 2.43. The van der Waals surface area contributed by atoms with Gasteiger partial charge in [0.2, 0.25) is 5.91 Å². The molecular formula is C14H15Cl3N2OS. The first-order chi connectivity index (χ1) is 9.95. The molecule has 1 aromatic rings. The lowest BCUT2D eigenvalue weighted by Crippen LogP contribution is -2.35. The Labute approximate surface area is 144 Å². The van der Waals surface area contributed by atoms with Crippen LogP contribution in [0.5, 0.6) is 0 Å². The molecule has 1 aliphatic carbocycles. The Bertz CT molecular complexity index is 559. The SMILES string of the molecule is O=C(CC1CCCC1)NC(=S)Nc1cc(Cl)c(Cl)cc1Cl. The van der Waals surface area contributed by atoms with Gasteiger partial charge in [-0.2, -0.15) is 0 Å². The molecule has 0 atom stereocenters. The van der Waals surface area contributed by atoms with Crippen LogP contribution in [0.1, 0.15) is 32.1 Å². The van der Waals surface area contributed by atoms with Gasteiger partial charge < -0.3 is 10.6 Å². The van der Waals surface area contributed by atoms with Gasteiger partial charge >= 0.3 is 0 Å². The first-order valence-corrected chi connectivity index (χ1v) is 8.25. The Morgan fingerprint density at radius 2 is 1.76 bits per heavy atom. The van der Waals surface area contributed by atoms with E-state index in [-0.39, 0.29) is 11.0 Å². The standard InChI is InChI=1S/C14H15Cl3N2OS/c15-9-6-11(17)12(7-10(9)16)18-14(21)19-13(20)5-8-3-1-2-4-8/h6-8H,1-5H2,(H2,18,19,20,21). The Hall–Kier alpha value is -0.550. The summed E-state index contributed by atoms with van der Waals surface area (Å²) in [5.74, 6) is 0.400. The van der Waals surface area contributed by atoms with Gasteiger partial charge in [0.25, 0.3) is 0 Å². The van der Waals surface area contributed by atoms with Crippen LogP contribution in [-0.4, -0.2) is 11.0 Å². The summed E-state index contributed by atoms with van der Waals surface area (Å²) in [6, 6.07) is 3.10. The molecule has 0 heterocycles. The van der Waals surface area contributed by atoms with E-state index >= 15 is 0 Å². The van der Waals surface area contributed by atoms with Crippen molar-refractivity contribution in [3.8, 4) is 0 Å². The van der Waals surface area contributed by atoms with Crippen LogP contribution in [0.2, 0.25) is 15.1 Å². The lowest BCUT2D eigenvalue weighted by Gasteiger charge is -2.13. The van der Waals surface area contributed by atoms with Crippen LogP contribution in [0, 0.1) is 5.92 Å². The van der Waals surface area contributed by atoms with E-state index in [1.54, 1.807) is 6.07 Å². The van der Waals surface area contributed by atoms with Crippen molar-refractivity contribution in [1.29, 1.82) is 0 Å². The molecule has 3 nitrogen and oxygen atoms in total. The molecule has 1 aromatic carbocycles. The first-order valence-electron chi connectivity index (χ1n) is 6.71. The molecule has 0 aliphatic heterocycles. The maximum absolute atomic E-state index is 11.9. The van der Waals surface area contributed by atoms with Gasteiger partial charge in [0.15, 0.2) is 5.11 Å². The zero-order valence-electron chi connectivity index (χ0n) is 11.2. The van der Waals surface area contributed by atoms with E-state index < -0.39 is 0 Å². The Morgan fingerprint density at radius 3 is 2.43 bits per heavy atom. The number of carbonyl (C=O) groups excluding carboxylic acids is 1. The molecule has 0 saturated heterocycles. The summed E-state index contributed by atoms with van der Waals surface area (Å²) < 4.78 is 0. The number of halogens is 3. The quantitative estimate of drug-likeness (QED) is 0.582. The summed E-state index contributed by atoms with van der Waals surface area (Å²) >= 11 is 22.9. The average Bonchev–Trinajstić information content (AvgIpc) is 2.88. The van der Waals surface area contributed by atoms with Crippen LogP contribution < -0.4 is 10.6 Å². The first kappa shape index (κ1) is 16.8. The Morgan fingerprint density at radius 1 is 1.14 bits per heavy atom. The van der Waals surface area contributed by atoms with Crippen LogP contribution in [0.3, 0.4) is 0 Å². The van der Waals surface area contributed by atoms with Crippen LogP contribution in [0.15, 0.2) is 12.1 Å². The van der Waals surface area contributed by atoms with E-state index in [2.05, 4.69) is 10.6 Å². The number of carbonyl (C=O) groups is 1. The van der Waals surface area contributed by atoms with E-state index in [1.165, 1.54) is 18.9 Å². The van der Waals surface area contributed by atoms with Crippen LogP contribution in [-0.2, 0) is 4.79 Å². The normalized spacial score (nSPS) is 15.0. The molecule has 1 aliphatic rings. The highest BCUT2D eigenvalue weighted by Crippen LogP contribution is 2.32. The predicted octanol–water partition coefficient (Wildman–Crippen LogP) is 5.04. The molecule has 2 N–H and O–H groups in total. The van der Waals surface area contributed by atoms with Gasteiger partial charge in [0.1, 0.15) is 0 Å². The third kappa shape index (κ3) is 4.99. The largest absolute Gasteiger partial charge is 0.331 e. The molecule has 1 amide bonds. The highest BCUT2D eigenvalue weighted by molar-refractivity contribution is 7.80. The second-order valence-electron chi connectivity index (χ2n) is 5.10. The minimum Gasteiger partial charge on any atom is -0.331 e. The van der Waals surface area contributed by atoms with Crippen LogP contribution >= 0.6 is 47.0 Å². The third-order valence-corrected chi connectivity index (χ3v) is 4.70. The highest BCUT2D eigenvalue weighted by Gasteiger charge is 2.19. The van der Waals surface area contributed by atoms with Crippen molar-refractivity contribution in [2.75, 3.05) is 5.32 Å². The molecule has 0 radical (unpaired) electrons. The number of hydrogen-bond donors (Lipinski definition) is 2. The monoisotopic (exact) mass is 364 g/mol. The van der Waals surface area contributed by atoms with Gasteiger partial charge in [-0.05, 0) is 43.1 Å². The number of amides is 1. The highest BCUT2D eigenvalue weighted by atomic mass is 35.5. The zero-order chi connectivity index (χ0) is 15.4. The van der Waals surface area contributed by atoms with Crippen molar-refractivity contribution in [3.63, 3.8) is 0 Å². The molecular weight excluding hydrogens is 351 g/mol. The average molecular weight is 366 g/mol. The summed E-state index contributed by atoms with van der Waals surface area (Å²) in [4.78, 5) is 11.9. The maximum Gasteiger partial charge on any atom is 0.226 e. The molecule has 1 fully saturated rings. The van der Waals surface area contributed by atoms with Gasteiger partial charge in [-0.25, -0.2) is 0 Å². The van der Waals surface area contributed by atoms with E-state index in [0.29, 0.717) is 33.1 Å². The minimum absolute atomic E-state index is 0.0735. The molecule has 0 unspecified atom stereocenters. The molecule has 21 heavy (non-hydrogen) atoms. The third-order valence-electron chi connectivity index (χ3n) is 3.46. The summed E-state index contributed by atoms with van der Waals surface area (Å²) in [5, 5.41) is 6.84. The Balaban J connectivity index is 1.89. The van der Waals surface area contributed by atoms with E-state index in [1.807, 2.05) is 0 Å². The van der Waals surface area contributed by atoms with Crippen molar-refractivity contribution in [1.82, 2.24) is 5.32 Å². The second-order valence-corrected chi connectivity index (χ2v) is 6.73. The molecule has 114 valence electrons. The lowest BCUT2D eigenvalue weighted by atomic mass is 10.0. The smallest absolute Gasteiger partial charge is 0.226 e. The van der Waals surface area contributed by atoms with Gasteiger partial charge in [-0.15, -0.1) is 0 Å². The summed E-state index contributed by atoms with van der Waals surface area (Å²) in [7, 11) is 0. The number of benzene rings is 1. The molecule has 2 rings (SSSR count). The number of thiocarbonyl (C=S) groups is 1. The number of hydrogen-bond acceptors (Lipinski definition) is 2. The van der Waals surface area contributed by atoms with Crippen molar-refractivity contribution >= 4 is 63.7 Å². The van der Waals surface area contributed by atoms with Gasteiger partial charge in [0, 0.05) is 6.42 Å². The molecule has 0 spiro atoms. The van der Waals surface area contributed by atoms with E-state index in [4.69, 9.17) is 47.0 Å². The van der Waals surface area contributed by atoms with Gasteiger partial charge in [-0.1, -0.05) is 47.6 Å². The number of nitrogens with one attached hydrogen (secondary N) is 2. The minimum atomic E-state index is -0.0735. The fraction of sp³-hybridized carbons (Fsp3) is 0.429. The summed E-state index contributed by atoms with van der Waals surface area (Å²) in [5.41, 5.74) is 0.511. The van der Waals surface area contributed by atoms with Crippen molar-refractivity contribution in [2.45, 2.75) is 32.1 Å². The van der Waals surface area contributed by atoms with Gasteiger partial charge in [0.05, 0.1) is 20.8 Å². The molecule has 1 saturated carbocycles. The second kappa shape index (κ2) is 7.63. The van der Waals surface area contributed by atoms with Crippen molar-refractivity contribution in [3.05, 3.63) is 27.2 Å². The molecule has 0 aromatic heterocycles. The van der Waals surface area contributed by atoms with E-state index in [0.717, 1.165) is 12.8 Å². The Kier molecular flexibility index (Phi) is 6.11. The summed E-state index contributed by atoms with van der Waals surface area (Å²) in [6.45, 7) is 0. The van der Waals surface area contributed by atoms with E-state index in [9.17, 15) is 4.79 Å². The summed E-state index contributed by atoms with van der Waals surface area (Å²) in [6.07, 6.45) is 5.16. The topological polar surface area (TPSA) is 41.1 Å². The van der Waals surface area contributed by atoms with Gasteiger partial charge in [-0.3, -0.25) is 4.79 Å². The number of rotatable bonds is 3. The van der Waals surface area contributed by atoms with Crippen molar-refractivity contribution < 1.29 is 4.79 Å². The maximum atomic E-state index is 11.9. The molecule has 7 heteroatoms. The lowest BCUT2D eigenvalue weighted by molar-refractivity contribution is -0.120. The number of anilines is 1.